The summed E-state index contributed by atoms with van der Waals surface area (Å²) in [6.07, 6.45) is 2.38. The molecule has 5 nitrogen and oxygen atoms in total. The van der Waals surface area contributed by atoms with Crippen LogP contribution in [-0.4, -0.2) is 27.9 Å². The van der Waals surface area contributed by atoms with E-state index < -0.39 is 5.97 Å². The highest BCUT2D eigenvalue weighted by Gasteiger charge is 2.24. The van der Waals surface area contributed by atoms with Gasteiger partial charge < -0.3 is 9.84 Å². The van der Waals surface area contributed by atoms with Crippen LogP contribution in [0.5, 0.6) is 5.88 Å². The van der Waals surface area contributed by atoms with Crippen LogP contribution in [0.25, 0.3) is 0 Å². The summed E-state index contributed by atoms with van der Waals surface area (Å²) in [5.74, 6) is -0.105. The summed E-state index contributed by atoms with van der Waals surface area (Å²) in [5.41, 5.74) is 0.0239. The largest absolute Gasteiger partial charge is 0.476 e. The van der Waals surface area contributed by atoms with Gasteiger partial charge in [0.15, 0.2) is 5.69 Å². The minimum atomic E-state index is -1.05. The second kappa shape index (κ2) is 3.61. The van der Waals surface area contributed by atoms with Gasteiger partial charge in [-0.25, -0.2) is 4.79 Å². The zero-order valence-electron chi connectivity index (χ0n) is 7.29. The Labute approximate surface area is 88.6 Å². The van der Waals surface area contributed by atoms with Crippen LogP contribution >= 0.6 is 15.9 Å². The van der Waals surface area contributed by atoms with Gasteiger partial charge in [-0.05, 0) is 34.7 Å². The van der Waals surface area contributed by atoms with Gasteiger partial charge in [-0.1, -0.05) is 0 Å². The van der Waals surface area contributed by atoms with E-state index in [1.54, 1.807) is 0 Å². The van der Waals surface area contributed by atoms with Gasteiger partial charge in [0, 0.05) is 0 Å². The molecule has 1 aliphatic rings. The molecule has 2 N–H and O–H groups in total. The Morgan fingerprint density at radius 3 is 2.93 bits per heavy atom. The molecule has 0 radical (unpaired) electrons. The molecule has 1 aromatic rings. The van der Waals surface area contributed by atoms with Crippen LogP contribution in [0.1, 0.15) is 23.3 Å². The van der Waals surface area contributed by atoms with Crippen LogP contribution in [0.3, 0.4) is 0 Å². The molecular weight excluding hydrogens is 252 g/mol. The molecule has 0 atom stereocenters. The smallest absolute Gasteiger partial charge is 0.355 e. The molecule has 2 rings (SSSR count). The molecule has 0 unspecified atom stereocenters. The molecule has 1 heterocycles. The zero-order chi connectivity index (χ0) is 10.1. The van der Waals surface area contributed by atoms with Crippen molar-refractivity contribution in [1.29, 1.82) is 0 Å². The maximum atomic E-state index is 10.6. The van der Waals surface area contributed by atoms with E-state index in [4.69, 9.17) is 9.84 Å². The maximum absolute atomic E-state index is 10.6. The van der Waals surface area contributed by atoms with E-state index in [2.05, 4.69) is 26.1 Å². The van der Waals surface area contributed by atoms with Crippen LogP contribution in [0, 0.1) is 5.92 Å². The van der Waals surface area contributed by atoms with Crippen molar-refractivity contribution in [2.24, 2.45) is 5.92 Å². The molecule has 76 valence electrons. The number of carboxylic acids is 1. The third kappa shape index (κ3) is 1.89. The van der Waals surface area contributed by atoms with Gasteiger partial charge in [0.05, 0.1) is 6.61 Å². The average Bonchev–Trinajstić information content (AvgIpc) is 2.87. The molecule has 1 fully saturated rings. The van der Waals surface area contributed by atoms with Crippen LogP contribution in [-0.2, 0) is 0 Å². The number of rotatable bonds is 4. The van der Waals surface area contributed by atoms with Gasteiger partial charge in [-0.3, -0.25) is 5.10 Å². The van der Waals surface area contributed by atoms with E-state index in [-0.39, 0.29) is 5.69 Å². The average molecular weight is 261 g/mol. The number of hydrogen-bond acceptors (Lipinski definition) is 3. The van der Waals surface area contributed by atoms with Gasteiger partial charge in [0.2, 0.25) is 5.88 Å². The quantitative estimate of drug-likeness (QED) is 0.864. The van der Waals surface area contributed by atoms with Crippen LogP contribution in [0.2, 0.25) is 0 Å². The fourth-order valence-electron chi connectivity index (χ4n) is 1.03. The van der Waals surface area contributed by atoms with Crippen molar-refractivity contribution >= 4 is 21.9 Å². The first-order valence-corrected chi connectivity index (χ1v) is 5.07. The summed E-state index contributed by atoms with van der Waals surface area (Å²) in [4.78, 5) is 10.6. The van der Waals surface area contributed by atoms with Crippen molar-refractivity contribution in [3.63, 3.8) is 0 Å². The number of hydrogen-bond donors (Lipinski definition) is 2. The molecule has 1 saturated carbocycles. The Balaban J connectivity index is 2.05. The predicted octanol–water partition coefficient (Wildman–Crippen LogP) is 1.66. The summed E-state index contributed by atoms with van der Waals surface area (Å²) < 4.78 is 5.72. The Hall–Kier alpha value is -1.04. The Morgan fingerprint density at radius 1 is 1.71 bits per heavy atom. The van der Waals surface area contributed by atoms with Gasteiger partial charge in [0.25, 0.3) is 0 Å². The van der Waals surface area contributed by atoms with E-state index >= 15 is 0 Å². The number of carbonyl (C=O) groups is 1. The maximum Gasteiger partial charge on any atom is 0.355 e. The highest BCUT2D eigenvalue weighted by atomic mass is 79.9. The van der Waals surface area contributed by atoms with Crippen molar-refractivity contribution in [2.75, 3.05) is 6.61 Å². The number of ether oxygens (including phenoxy) is 1. The van der Waals surface area contributed by atoms with Crippen molar-refractivity contribution < 1.29 is 14.6 Å². The Morgan fingerprint density at radius 2 is 2.43 bits per heavy atom. The topological polar surface area (TPSA) is 75.2 Å². The van der Waals surface area contributed by atoms with Crippen LogP contribution in [0.15, 0.2) is 4.47 Å². The fraction of sp³-hybridized carbons (Fsp3) is 0.500. The van der Waals surface area contributed by atoms with Crippen LogP contribution in [0.4, 0.5) is 0 Å². The highest BCUT2D eigenvalue weighted by molar-refractivity contribution is 9.10. The first-order valence-electron chi connectivity index (χ1n) is 4.28. The summed E-state index contributed by atoms with van der Waals surface area (Å²) in [7, 11) is 0. The molecular formula is C8H9BrN2O3. The fourth-order valence-corrected chi connectivity index (χ4v) is 1.49. The third-order valence-corrected chi connectivity index (χ3v) is 2.78. The van der Waals surface area contributed by atoms with Crippen molar-refractivity contribution in [3.8, 4) is 5.88 Å². The first-order chi connectivity index (χ1) is 6.68. The predicted molar refractivity (Wildman–Crippen MR) is 51.5 cm³/mol. The second-order valence-corrected chi connectivity index (χ2v) is 4.07. The lowest BCUT2D eigenvalue weighted by molar-refractivity contribution is 0.0689. The molecule has 1 aromatic heterocycles. The van der Waals surface area contributed by atoms with Gasteiger partial charge in [-0.2, -0.15) is 0 Å². The number of H-pyrrole nitrogens is 1. The molecule has 0 amide bonds. The minimum absolute atomic E-state index is 0.0239. The lowest BCUT2D eigenvalue weighted by atomic mass is 10.4. The van der Waals surface area contributed by atoms with E-state index in [1.807, 2.05) is 0 Å². The molecule has 1 aliphatic carbocycles. The second-order valence-electron chi connectivity index (χ2n) is 3.28. The molecule has 0 bridgehead atoms. The number of aromatic amines is 1. The molecule has 0 aliphatic heterocycles. The third-order valence-electron chi connectivity index (χ3n) is 2.04. The lowest BCUT2D eigenvalue weighted by Crippen LogP contribution is -2.00. The lowest BCUT2D eigenvalue weighted by Gasteiger charge is -2.00. The molecule has 0 aromatic carbocycles. The van der Waals surface area contributed by atoms with Gasteiger partial charge in [0.1, 0.15) is 4.47 Å². The molecule has 14 heavy (non-hydrogen) atoms. The minimum Gasteiger partial charge on any atom is -0.476 e. The Kier molecular flexibility index (Phi) is 2.45. The van der Waals surface area contributed by atoms with Crippen molar-refractivity contribution in [1.82, 2.24) is 10.2 Å². The van der Waals surface area contributed by atoms with Crippen molar-refractivity contribution in [3.05, 3.63) is 10.2 Å². The first kappa shape index (κ1) is 9.51. The van der Waals surface area contributed by atoms with E-state index in [9.17, 15) is 4.79 Å². The van der Waals surface area contributed by atoms with Gasteiger partial charge >= 0.3 is 5.97 Å². The number of aromatic carboxylic acids is 1. The number of nitrogens with zero attached hydrogens (tertiary/aromatic N) is 1. The summed E-state index contributed by atoms with van der Waals surface area (Å²) in [5, 5.41) is 14.9. The summed E-state index contributed by atoms with van der Waals surface area (Å²) in [6, 6.07) is 0. The van der Waals surface area contributed by atoms with Gasteiger partial charge in [-0.15, -0.1) is 5.10 Å². The Bertz CT molecular complexity index is 359. The number of aromatic nitrogens is 2. The standard InChI is InChI=1S/C8H9BrN2O3/c9-5-6(8(12)13)10-11-7(5)14-3-4-1-2-4/h4H,1-3H2,(H,10,11)(H,12,13). The monoisotopic (exact) mass is 260 g/mol. The SMILES string of the molecule is O=C(O)c1[nH]nc(OCC2CC2)c1Br. The van der Waals surface area contributed by atoms with Crippen LogP contribution < -0.4 is 4.74 Å². The number of halogens is 1. The highest BCUT2D eigenvalue weighted by Crippen LogP contribution is 2.31. The summed E-state index contributed by atoms with van der Waals surface area (Å²) >= 11 is 3.12. The van der Waals surface area contributed by atoms with E-state index in [0.29, 0.717) is 22.9 Å². The molecule has 0 saturated heterocycles. The zero-order valence-corrected chi connectivity index (χ0v) is 8.87. The number of carboxylic acid groups (broad SMARTS) is 1. The normalized spacial score (nSPS) is 15.5. The van der Waals surface area contributed by atoms with Crippen molar-refractivity contribution in [2.45, 2.75) is 12.8 Å². The van der Waals surface area contributed by atoms with E-state index in [1.165, 1.54) is 12.8 Å². The molecule has 6 heteroatoms. The number of nitrogens with one attached hydrogen (secondary N) is 1. The molecule has 0 spiro atoms. The van der Waals surface area contributed by atoms with E-state index in [0.717, 1.165) is 0 Å². The summed E-state index contributed by atoms with van der Waals surface area (Å²) in [6.45, 7) is 0.614.